The van der Waals surface area contributed by atoms with Crippen LogP contribution < -0.4 is 10.4 Å². The molecule has 6 rings (SSSR count). The second-order valence-corrected chi connectivity index (χ2v) is 8.17. The summed E-state index contributed by atoms with van der Waals surface area (Å²) in [6.07, 6.45) is 0.387. The largest absolute Gasteiger partial charge is 0.508 e. The molecule has 0 amide bonds. The fraction of sp³-hybridized carbons (Fsp3) is 0.115. The SMILES string of the molecule is COc1ccccc1-n1c(O)c2n(c1=O)C(c1cccc(O)c1)c1[nH]c3ccccc3c1C2. The van der Waals surface area contributed by atoms with Gasteiger partial charge in [-0.2, -0.15) is 0 Å². The summed E-state index contributed by atoms with van der Waals surface area (Å²) in [4.78, 5) is 17.3. The van der Waals surface area contributed by atoms with E-state index in [0.717, 1.165) is 27.7 Å². The average molecular weight is 439 g/mol. The van der Waals surface area contributed by atoms with Gasteiger partial charge in [0.2, 0.25) is 5.88 Å². The molecular weight excluding hydrogens is 418 g/mol. The summed E-state index contributed by atoms with van der Waals surface area (Å²) in [6, 6.07) is 21.4. The first kappa shape index (κ1) is 19.3. The summed E-state index contributed by atoms with van der Waals surface area (Å²) in [6.45, 7) is 0. The van der Waals surface area contributed by atoms with Crippen molar-refractivity contribution in [1.29, 1.82) is 0 Å². The fourth-order valence-corrected chi connectivity index (χ4v) is 4.96. The molecule has 33 heavy (non-hydrogen) atoms. The highest BCUT2D eigenvalue weighted by atomic mass is 16.5. The molecule has 0 bridgehead atoms. The summed E-state index contributed by atoms with van der Waals surface area (Å²) in [5.74, 6) is 0.472. The van der Waals surface area contributed by atoms with E-state index < -0.39 is 6.04 Å². The Balaban J connectivity index is 1.68. The Morgan fingerprint density at radius 1 is 1.00 bits per heavy atom. The van der Waals surface area contributed by atoms with Gasteiger partial charge in [0.1, 0.15) is 17.5 Å². The van der Waals surface area contributed by atoms with E-state index in [1.165, 1.54) is 11.7 Å². The minimum Gasteiger partial charge on any atom is -0.508 e. The van der Waals surface area contributed by atoms with E-state index >= 15 is 0 Å². The third-order valence-corrected chi connectivity index (χ3v) is 6.39. The molecule has 0 fully saturated rings. The molecule has 1 atom stereocenters. The van der Waals surface area contributed by atoms with Gasteiger partial charge >= 0.3 is 5.69 Å². The molecule has 0 aliphatic carbocycles. The molecule has 0 spiro atoms. The number of rotatable bonds is 3. The number of ether oxygens (including phenoxy) is 1. The van der Waals surface area contributed by atoms with Gasteiger partial charge in [0, 0.05) is 23.0 Å². The Bertz CT molecular complexity index is 1590. The van der Waals surface area contributed by atoms with Gasteiger partial charge in [0.15, 0.2) is 0 Å². The number of benzene rings is 3. The van der Waals surface area contributed by atoms with Gasteiger partial charge in [-0.3, -0.25) is 4.57 Å². The molecule has 0 saturated heterocycles. The van der Waals surface area contributed by atoms with E-state index in [1.807, 2.05) is 36.4 Å². The molecule has 3 N–H and O–H groups in total. The number of para-hydroxylation sites is 3. The van der Waals surface area contributed by atoms with Gasteiger partial charge in [-0.05, 0) is 41.5 Å². The molecule has 164 valence electrons. The first-order valence-corrected chi connectivity index (χ1v) is 10.7. The zero-order valence-electron chi connectivity index (χ0n) is 17.8. The quantitative estimate of drug-likeness (QED) is 0.387. The molecule has 0 radical (unpaired) electrons. The van der Waals surface area contributed by atoms with Gasteiger partial charge in [0.05, 0.1) is 18.5 Å². The van der Waals surface area contributed by atoms with E-state index in [0.29, 0.717) is 23.6 Å². The van der Waals surface area contributed by atoms with Gasteiger partial charge in [-0.25, -0.2) is 9.36 Å². The lowest BCUT2D eigenvalue weighted by atomic mass is 9.93. The number of H-pyrrole nitrogens is 1. The predicted octanol–water partition coefficient (Wildman–Crippen LogP) is 4.08. The highest BCUT2D eigenvalue weighted by Crippen LogP contribution is 2.42. The van der Waals surface area contributed by atoms with Crippen LogP contribution in [0.5, 0.6) is 17.4 Å². The van der Waals surface area contributed by atoms with E-state index in [1.54, 1.807) is 41.0 Å². The van der Waals surface area contributed by atoms with Crippen LogP contribution in [-0.2, 0) is 6.42 Å². The lowest BCUT2D eigenvalue weighted by molar-refractivity contribution is 0.404. The predicted molar refractivity (Wildman–Crippen MR) is 125 cm³/mol. The van der Waals surface area contributed by atoms with Crippen LogP contribution in [0.25, 0.3) is 16.6 Å². The number of nitrogens with one attached hydrogen (secondary N) is 1. The van der Waals surface area contributed by atoms with E-state index in [2.05, 4.69) is 4.98 Å². The first-order chi connectivity index (χ1) is 16.1. The van der Waals surface area contributed by atoms with Crippen molar-refractivity contribution in [2.24, 2.45) is 0 Å². The zero-order valence-corrected chi connectivity index (χ0v) is 17.8. The van der Waals surface area contributed by atoms with Crippen LogP contribution >= 0.6 is 0 Å². The molecule has 2 aromatic heterocycles. The number of imidazole rings is 1. The van der Waals surface area contributed by atoms with E-state index in [4.69, 9.17) is 4.74 Å². The summed E-state index contributed by atoms with van der Waals surface area (Å²) in [7, 11) is 1.53. The Kier molecular flexibility index (Phi) is 4.13. The van der Waals surface area contributed by atoms with Crippen molar-refractivity contribution in [1.82, 2.24) is 14.1 Å². The van der Waals surface area contributed by atoms with Crippen molar-refractivity contribution in [3.8, 4) is 23.1 Å². The number of methoxy groups -OCH3 is 1. The molecule has 7 heteroatoms. The van der Waals surface area contributed by atoms with Crippen molar-refractivity contribution in [3.63, 3.8) is 0 Å². The number of nitrogens with zero attached hydrogens (tertiary/aromatic N) is 2. The van der Waals surface area contributed by atoms with Gasteiger partial charge in [-0.1, -0.05) is 42.5 Å². The van der Waals surface area contributed by atoms with Crippen molar-refractivity contribution in [2.75, 3.05) is 7.11 Å². The minimum atomic E-state index is -0.544. The highest BCUT2D eigenvalue weighted by molar-refractivity contribution is 5.86. The Morgan fingerprint density at radius 3 is 2.61 bits per heavy atom. The van der Waals surface area contributed by atoms with Crippen molar-refractivity contribution >= 4 is 10.9 Å². The van der Waals surface area contributed by atoms with Gasteiger partial charge in [-0.15, -0.1) is 0 Å². The Morgan fingerprint density at radius 2 is 1.79 bits per heavy atom. The smallest absolute Gasteiger partial charge is 0.336 e. The number of aromatic hydroxyl groups is 2. The highest BCUT2D eigenvalue weighted by Gasteiger charge is 2.36. The monoisotopic (exact) mass is 439 g/mol. The average Bonchev–Trinajstić information content (AvgIpc) is 3.32. The fourth-order valence-electron chi connectivity index (χ4n) is 4.96. The topological polar surface area (TPSA) is 92.4 Å². The van der Waals surface area contributed by atoms with Crippen LogP contribution in [0, 0.1) is 0 Å². The molecule has 5 aromatic rings. The maximum atomic E-state index is 13.8. The minimum absolute atomic E-state index is 0.110. The van der Waals surface area contributed by atoms with Gasteiger partial charge < -0.3 is 19.9 Å². The van der Waals surface area contributed by atoms with Crippen LogP contribution in [0.15, 0.2) is 77.6 Å². The van der Waals surface area contributed by atoms with Crippen LogP contribution in [0.3, 0.4) is 0 Å². The third kappa shape index (κ3) is 2.72. The van der Waals surface area contributed by atoms with Crippen LogP contribution in [0.4, 0.5) is 0 Å². The molecule has 1 aliphatic heterocycles. The first-order valence-electron chi connectivity index (χ1n) is 10.7. The number of phenols is 1. The standard InChI is InChI=1S/C26H21N3O4/c1-33-22-12-5-4-11-20(22)29-25(31)21-14-18-17-9-2-3-10-19(17)27-23(18)24(28(21)26(29)32)15-7-6-8-16(30)13-15/h2-13,24,27,30-31H,14H2,1H3. The molecule has 0 saturated carbocycles. The van der Waals surface area contributed by atoms with Crippen LogP contribution in [0.2, 0.25) is 0 Å². The number of aromatic nitrogens is 3. The molecule has 3 heterocycles. The molecule has 3 aromatic carbocycles. The Hall–Kier alpha value is -4.39. The van der Waals surface area contributed by atoms with Crippen LogP contribution in [0.1, 0.15) is 28.6 Å². The summed E-state index contributed by atoms with van der Waals surface area (Å²) in [5, 5.41) is 22.5. The third-order valence-electron chi connectivity index (χ3n) is 6.39. The summed E-state index contributed by atoms with van der Waals surface area (Å²) < 4.78 is 8.35. The number of fused-ring (bicyclic) bond motifs is 4. The molecule has 1 unspecified atom stereocenters. The number of phenolic OH excluding ortho intramolecular Hbond substituents is 1. The molecule has 7 nitrogen and oxygen atoms in total. The molecule has 1 aliphatic rings. The van der Waals surface area contributed by atoms with Crippen LogP contribution in [-0.4, -0.2) is 31.4 Å². The second-order valence-electron chi connectivity index (χ2n) is 8.17. The molecular formula is C26H21N3O4. The van der Waals surface area contributed by atoms with Crippen molar-refractivity contribution in [2.45, 2.75) is 12.5 Å². The Labute approximate surface area is 188 Å². The van der Waals surface area contributed by atoms with Crippen molar-refractivity contribution in [3.05, 3.63) is 106 Å². The lowest BCUT2D eigenvalue weighted by Gasteiger charge is -2.26. The van der Waals surface area contributed by atoms with Gasteiger partial charge in [0.25, 0.3) is 0 Å². The number of hydrogen-bond acceptors (Lipinski definition) is 4. The maximum Gasteiger partial charge on any atom is 0.336 e. The lowest BCUT2D eigenvalue weighted by Crippen LogP contribution is -2.32. The second kappa shape index (κ2) is 7.06. The maximum absolute atomic E-state index is 13.8. The number of hydrogen-bond donors (Lipinski definition) is 3. The summed E-state index contributed by atoms with van der Waals surface area (Å²) >= 11 is 0. The summed E-state index contributed by atoms with van der Waals surface area (Å²) in [5.41, 5.74) is 4.18. The van der Waals surface area contributed by atoms with E-state index in [-0.39, 0.29) is 17.3 Å². The van der Waals surface area contributed by atoms with Crippen molar-refractivity contribution < 1.29 is 14.9 Å². The zero-order chi connectivity index (χ0) is 22.7. The van der Waals surface area contributed by atoms with E-state index in [9.17, 15) is 15.0 Å². The normalized spacial score (nSPS) is 14.8. The number of aromatic amines is 1.